The Balaban J connectivity index is 1.29. The third-order valence-corrected chi connectivity index (χ3v) is 7.07. The van der Waals surface area contributed by atoms with Gasteiger partial charge in [0.15, 0.2) is 11.4 Å². The molecule has 0 amide bonds. The summed E-state index contributed by atoms with van der Waals surface area (Å²) in [5, 5.41) is 15.1. The first-order chi connectivity index (χ1) is 15.6. The largest absolute Gasteiger partial charge is 0.356 e. The second kappa shape index (κ2) is 7.67. The number of halogens is 2. The first-order valence-electron chi connectivity index (χ1n) is 11.0. The predicted octanol–water partition coefficient (Wildman–Crippen LogP) is 5.59. The van der Waals surface area contributed by atoms with Crippen molar-refractivity contribution in [3.05, 3.63) is 70.1 Å². The second-order valence-corrected chi connectivity index (χ2v) is 9.45. The monoisotopic (exact) mass is 451 g/mol. The van der Waals surface area contributed by atoms with Crippen LogP contribution in [-0.2, 0) is 13.1 Å². The molecule has 1 aliphatic carbocycles. The zero-order chi connectivity index (χ0) is 21.8. The molecule has 1 fully saturated rings. The molecule has 0 unspecified atom stereocenters. The third kappa shape index (κ3) is 3.31. The molecule has 0 bridgehead atoms. The van der Waals surface area contributed by atoms with Crippen LogP contribution in [0.3, 0.4) is 0 Å². The van der Waals surface area contributed by atoms with Crippen LogP contribution >= 0.6 is 11.6 Å². The van der Waals surface area contributed by atoms with Crippen molar-refractivity contribution in [2.75, 3.05) is 7.05 Å². The Kier molecular flexibility index (Phi) is 4.77. The fraction of sp³-hybridized carbons (Fsp3) is 0.375. The van der Waals surface area contributed by atoms with Crippen molar-refractivity contribution in [2.45, 2.75) is 50.6 Å². The average molecular weight is 452 g/mol. The maximum Gasteiger partial charge on any atom is 0.170 e. The van der Waals surface area contributed by atoms with Gasteiger partial charge in [0.05, 0.1) is 17.9 Å². The van der Waals surface area contributed by atoms with Crippen LogP contribution in [0.2, 0.25) is 5.02 Å². The highest BCUT2D eigenvalue weighted by Gasteiger charge is 2.32. The maximum atomic E-state index is 13.5. The molecule has 3 heterocycles. The SMILES string of the molecule is CN1Cc2cc(Cl)ccc2-n2c(nnc2[C@H]2CC[C@H](c3noc4cc(F)ccc43)CC2)C1. The highest BCUT2D eigenvalue weighted by atomic mass is 35.5. The molecule has 32 heavy (non-hydrogen) atoms. The lowest BCUT2D eigenvalue weighted by atomic mass is 9.79. The standard InChI is InChI=1S/C24H23ClFN5O/c1-30-12-16-10-17(25)6-9-20(16)31-22(13-30)27-28-24(31)15-4-2-14(3-5-15)23-19-8-7-18(26)11-21(19)32-29-23/h6-11,14-15H,2-5,12-13H2,1H3/t14-,15-. The van der Waals surface area contributed by atoms with E-state index in [2.05, 4.69) is 37.9 Å². The summed E-state index contributed by atoms with van der Waals surface area (Å²) in [6.07, 6.45) is 3.96. The summed E-state index contributed by atoms with van der Waals surface area (Å²) in [7, 11) is 2.09. The van der Waals surface area contributed by atoms with Crippen LogP contribution in [0.5, 0.6) is 0 Å². The summed E-state index contributed by atoms with van der Waals surface area (Å²) in [4.78, 5) is 2.24. The van der Waals surface area contributed by atoms with Gasteiger partial charge in [-0.1, -0.05) is 16.8 Å². The number of benzene rings is 2. The fourth-order valence-corrected chi connectivity index (χ4v) is 5.49. The second-order valence-electron chi connectivity index (χ2n) is 9.01. The molecule has 0 saturated heterocycles. The number of rotatable bonds is 2. The van der Waals surface area contributed by atoms with Crippen molar-refractivity contribution in [2.24, 2.45) is 0 Å². The van der Waals surface area contributed by atoms with E-state index in [1.165, 1.54) is 17.7 Å². The number of nitrogens with zero attached hydrogens (tertiary/aromatic N) is 5. The Labute approximate surface area is 190 Å². The van der Waals surface area contributed by atoms with Crippen LogP contribution in [0, 0.1) is 5.82 Å². The molecular formula is C24H23ClFN5O. The van der Waals surface area contributed by atoms with Gasteiger partial charge < -0.3 is 4.52 Å². The van der Waals surface area contributed by atoms with Gasteiger partial charge in [-0.25, -0.2) is 4.39 Å². The van der Waals surface area contributed by atoms with Crippen molar-refractivity contribution in [1.29, 1.82) is 0 Å². The molecule has 164 valence electrons. The number of hydrogen-bond donors (Lipinski definition) is 0. The van der Waals surface area contributed by atoms with E-state index in [-0.39, 0.29) is 5.82 Å². The Hall–Kier alpha value is -2.77. The van der Waals surface area contributed by atoms with Gasteiger partial charge in [-0.05, 0) is 68.6 Å². The van der Waals surface area contributed by atoms with E-state index in [1.54, 1.807) is 6.07 Å². The summed E-state index contributed by atoms with van der Waals surface area (Å²) in [5.41, 5.74) is 3.78. The van der Waals surface area contributed by atoms with E-state index in [1.807, 2.05) is 12.1 Å². The highest BCUT2D eigenvalue weighted by Crippen LogP contribution is 2.42. The molecule has 0 radical (unpaired) electrons. The molecule has 6 nitrogen and oxygen atoms in total. The maximum absolute atomic E-state index is 13.5. The molecule has 1 aliphatic heterocycles. The molecule has 0 N–H and O–H groups in total. The average Bonchev–Trinajstić information content (AvgIpc) is 3.34. The molecule has 1 saturated carbocycles. The number of fused-ring (bicyclic) bond motifs is 4. The Morgan fingerprint density at radius 3 is 2.66 bits per heavy atom. The first-order valence-corrected chi connectivity index (χ1v) is 11.4. The molecule has 8 heteroatoms. The van der Waals surface area contributed by atoms with Crippen molar-refractivity contribution >= 4 is 22.6 Å². The highest BCUT2D eigenvalue weighted by molar-refractivity contribution is 6.30. The van der Waals surface area contributed by atoms with E-state index in [0.717, 1.165) is 72.2 Å². The zero-order valence-electron chi connectivity index (χ0n) is 17.8. The Bertz CT molecular complexity index is 1310. The fourth-order valence-electron chi connectivity index (χ4n) is 5.30. The van der Waals surface area contributed by atoms with Gasteiger partial charge in [-0.3, -0.25) is 9.47 Å². The van der Waals surface area contributed by atoms with Crippen LogP contribution in [0.15, 0.2) is 40.9 Å². The zero-order valence-corrected chi connectivity index (χ0v) is 18.5. The quantitative estimate of drug-likeness (QED) is 0.397. The van der Waals surface area contributed by atoms with Crippen LogP contribution < -0.4 is 0 Å². The predicted molar refractivity (Wildman–Crippen MR) is 119 cm³/mol. The van der Waals surface area contributed by atoms with Crippen molar-refractivity contribution < 1.29 is 8.91 Å². The number of aromatic nitrogens is 4. The molecule has 4 aromatic rings. The van der Waals surface area contributed by atoms with Crippen molar-refractivity contribution in [3.8, 4) is 5.69 Å². The van der Waals surface area contributed by atoms with Gasteiger partial charge in [-0.2, -0.15) is 0 Å². The lowest BCUT2D eigenvalue weighted by Gasteiger charge is -2.27. The summed E-state index contributed by atoms with van der Waals surface area (Å²) in [6.45, 7) is 1.57. The molecule has 0 atom stereocenters. The van der Waals surface area contributed by atoms with E-state index in [4.69, 9.17) is 16.1 Å². The van der Waals surface area contributed by atoms with Crippen LogP contribution in [0.4, 0.5) is 4.39 Å². The Morgan fingerprint density at radius 1 is 1.00 bits per heavy atom. The van der Waals surface area contributed by atoms with Crippen molar-refractivity contribution in [3.63, 3.8) is 0 Å². The molecule has 6 rings (SSSR count). The van der Waals surface area contributed by atoms with Crippen molar-refractivity contribution in [1.82, 2.24) is 24.8 Å². The van der Waals surface area contributed by atoms with E-state index < -0.39 is 0 Å². The van der Waals surface area contributed by atoms with Crippen LogP contribution in [0.1, 0.15) is 60.4 Å². The van der Waals surface area contributed by atoms with Gasteiger partial charge in [0, 0.05) is 34.9 Å². The topological polar surface area (TPSA) is 60.0 Å². The lowest BCUT2D eigenvalue weighted by molar-refractivity contribution is 0.315. The van der Waals surface area contributed by atoms with E-state index in [9.17, 15) is 4.39 Å². The molecule has 2 aromatic heterocycles. The minimum absolute atomic E-state index is 0.302. The summed E-state index contributed by atoms with van der Waals surface area (Å²) in [6, 6.07) is 10.7. The Morgan fingerprint density at radius 2 is 1.81 bits per heavy atom. The van der Waals surface area contributed by atoms with E-state index in [0.29, 0.717) is 17.4 Å². The van der Waals surface area contributed by atoms with Crippen LogP contribution in [0.25, 0.3) is 16.7 Å². The summed E-state index contributed by atoms with van der Waals surface area (Å²) < 4.78 is 21.1. The molecule has 2 aromatic carbocycles. The third-order valence-electron chi connectivity index (χ3n) is 6.83. The van der Waals surface area contributed by atoms with Crippen LogP contribution in [-0.4, -0.2) is 31.9 Å². The van der Waals surface area contributed by atoms with Gasteiger partial charge >= 0.3 is 0 Å². The molecule has 2 aliphatic rings. The first kappa shape index (κ1) is 19.9. The molecular weight excluding hydrogens is 429 g/mol. The van der Waals surface area contributed by atoms with Gasteiger partial charge in [0.25, 0.3) is 0 Å². The normalized spacial score (nSPS) is 21.3. The lowest BCUT2D eigenvalue weighted by Crippen LogP contribution is -2.17. The number of hydrogen-bond acceptors (Lipinski definition) is 5. The summed E-state index contributed by atoms with van der Waals surface area (Å²) >= 11 is 6.29. The molecule has 0 spiro atoms. The van der Waals surface area contributed by atoms with Gasteiger partial charge in [0.2, 0.25) is 0 Å². The van der Waals surface area contributed by atoms with Gasteiger partial charge in [-0.15, -0.1) is 10.2 Å². The van der Waals surface area contributed by atoms with E-state index >= 15 is 0 Å². The minimum Gasteiger partial charge on any atom is -0.356 e. The van der Waals surface area contributed by atoms with Gasteiger partial charge in [0.1, 0.15) is 11.6 Å². The smallest absolute Gasteiger partial charge is 0.170 e. The summed E-state index contributed by atoms with van der Waals surface area (Å²) in [5.74, 6) is 2.33. The minimum atomic E-state index is -0.302.